The predicted molar refractivity (Wildman–Crippen MR) is 64.8 cm³/mol. The van der Waals surface area contributed by atoms with E-state index in [0.29, 0.717) is 0 Å². The molecule has 0 radical (unpaired) electrons. The molecular formula is C14H20O. The minimum atomic E-state index is 0.881. The van der Waals surface area contributed by atoms with Gasteiger partial charge in [-0.3, -0.25) is 0 Å². The minimum Gasteiger partial charge on any atom is -0.469 e. The average Bonchev–Trinajstić information content (AvgIpc) is 2.75. The number of hydrogen-bond acceptors (Lipinski definition) is 1. The summed E-state index contributed by atoms with van der Waals surface area (Å²) in [5.41, 5.74) is 0. The van der Waals surface area contributed by atoms with Crippen molar-refractivity contribution in [3.05, 3.63) is 48.5 Å². The third-order valence-electron chi connectivity index (χ3n) is 2.26. The highest BCUT2D eigenvalue weighted by atomic mass is 16.3. The van der Waals surface area contributed by atoms with Gasteiger partial charge in [0.15, 0.2) is 0 Å². The lowest BCUT2D eigenvalue weighted by Crippen LogP contribution is -1.72. The molecule has 0 amide bonds. The second-order valence-corrected chi connectivity index (χ2v) is 3.64. The van der Waals surface area contributed by atoms with Crippen molar-refractivity contribution in [1.29, 1.82) is 0 Å². The van der Waals surface area contributed by atoms with Crippen LogP contribution >= 0.6 is 0 Å². The normalized spacial score (nSPS) is 11.8. The molecule has 0 saturated heterocycles. The minimum absolute atomic E-state index is 0.881. The van der Waals surface area contributed by atoms with Crippen LogP contribution in [-0.4, -0.2) is 0 Å². The van der Waals surface area contributed by atoms with Crippen LogP contribution in [0.15, 0.2) is 47.1 Å². The van der Waals surface area contributed by atoms with E-state index in [1.54, 1.807) is 6.26 Å². The molecule has 0 atom stereocenters. The van der Waals surface area contributed by atoms with E-state index in [1.807, 2.05) is 12.1 Å². The Balaban J connectivity index is 2.06. The van der Waals surface area contributed by atoms with Crippen molar-refractivity contribution in [1.82, 2.24) is 0 Å². The summed E-state index contributed by atoms with van der Waals surface area (Å²) in [6.07, 6.45) is 16.3. The van der Waals surface area contributed by atoms with Gasteiger partial charge in [-0.25, -0.2) is 0 Å². The maximum Gasteiger partial charge on any atom is 0.107 e. The van der Waals surface area contributed by atoms with Crippen LogP contribution in [0.1, 0.15) is 38.4 Å². The van der Waals surface area contributed by atoms with Crippen LogP contribution in [0.5, 0.6) is 0 Å². The van der Waals surface area contributed by atoms with Gasteiger partial charge in [-0.05, 0) is 25.0 Å². The lowest BCUT2D eigenvalue weighted by molar-refractivity contribution is 0.523. The van der Waals surface area contributed by atoms with Crippen LogP contribution in [0.2, 0.25) is 0 Å². The first-order valence-corrected chi connectivity index (χ1v) is 5.77. The smallest absolute Gasteiger partial charge is 0.107 e. The van der Waals surface area contributed by atoms with Gasteiger partial charge in [0.1, 0.15) is 5.76 Å². The molecule has 0 fully saturated rings. The van der Waals surface area contributed by atoms with Crippen molar-refractivity contribution < 1.29 is 4.42 Å². The maximum absolute atomic E-state index is 5.22. The Morgan fingerprint density at radius 2 is 2.07 bits per heavy atom. The first-order valence-electron chi connectivity index (χ1n) is 5.77. The van der Waals surface area contributed by atoms with Gasteiger partial charge in [0.05, 0.1) is 6.26 Å². The molecule has 0 unspecified atom stereocenters. The second-order valence-electron chi connectivity index (χ2n) is 3.64. The SMILES string of the molecule is CCCCC/C=C/C=C/Cc1ccco1. The molecule has 0 bridgehead atoms. The molecular weight excluding hydrogens is 184 g/mol. The number of hydrogen-bond donors (Lipinski definition) is 0. The Bertz CT molecular complexity index is 280. The van der Waals surface area contributed by atoms with E-state index in [1.165, 1.54) is 25.7 Å². The molecule has 1 heteroatoms. The molecule has 0 aliphatic carbocycles. The quantitative estimate of drug-likeness (QED) is 0.470. The number of unbranched alkanes of at least 4 members (excludes halogenated alkanes) is 3. The Morgan fingerprint density at radius 3 is 2.80 bits per heavy atom. The summed E-state index contributed by atoms with van der Waals surface area (Å²) in [4.78, 5) is 0. The van der Waals surface area contributed by atoms with Crippen LogP contribution in [0.4, 0.5) is 0 Å². The first kappa shape index (κ1) is 11.8. The standard InChI is InChI=1S/C14H20O/c1-2-3-4-5-6-7-8-9-11-14-12-10-13-15-14/h6-10,12-13H,2-5,11H2,1H3/b7-6+,9-8+. The summed E-state index contributed by atoms with van der Waals surface area (Å²) < 4.78 is 5.22. The van der Waals surface area contributed by atoms with E-state index in [0.717, 1.165) is 12.2 Å². The van der Waals surface area contributed by atoms with E-state index in [4.69, 9.17) is 4.42 Å². The molecule has 0 aliphatic heterocycles. The summed E-state index contributed by atoms with van der Waals surface area (Å²) in [6, 6.07) is 3.92. The second kappa shape index (κ2) is 8.10. The van der Waals surface area contributed by atoms with Crippen LogP contribution in [-0.2, 0) is 6.42 Å². The summed E-state index contributed by atoms with van der Waals surface area (Å²) in [5.74, 6) is 1.02. The van der Waals surface area contributed by atoms with Gasteiger partial charge in [-0.1, -0.05) is 44.1 Å². The Hall–Kier alpha value is -1.24. The third-order valence-corrected chi connectivity index (χ3v) is 2.26. The van der Waals surface area contributed by atoms with Crippen LogP contribution < -0.4 is 0 Å². The molecule has 0 spiro atoms. The maximum atomic E-state index is 5.22. The summed E-state index contributed by atoms with van der Waals surface area (Å²) >= 11 is 0. The monoisotopic (exact) mass is 204 g/mol. The fraction of sp³-hybridized carbons (Fsp3) is 0.429. The molecule has 82 valence electrons. The molecule has 1 nitrogen and oxygen atoms in total. The third kappa shape index (κ3) is 5.95. The topological polar surface area (TPSA) is 13.1 Å². The van der Waals surface area contributed by atoms with Gasteiger partial charge in [0, 0.05) is 6.42 Å². The number of furan rings is 1. The summed E-state index contributed by atoms with van der Waals surface area (Å²) in [7, 11) is 0. The van der Waals surface area contributed by atoms with Crippen molar-refractivity contribution >= 4 is 0 Å². The molecule has 0 aliphatic rings. The Morgan fingerprint density at radius 1 is 1.20 bits per heavy atom. The fourth-order valence-electron chi connectivity index (χ4n) is 1.38. The molecule has 1 aromatic rings. The molecule has 1 aromatic heterocycles. The predicted octanol–water partition coefficient (Wildman–Crippen LogP) is 4.51. The molecule has 0 N–H and O–H groups in total. The lowest BCUT2D eigenvalue weighted by Gasteiger charge is -1.90. The van der Waals surface area contributed by atoms with Gasteiger partial charge >= 0.3 is 0 Å². The van der Waals surface area contributed by atoms with E-state index >= 15 is 0 Å². The van der Waals surface area contributed by atoms with Crippen LogP contribution in [0, 0.1) is 0 Å². The summed E-state index contributed by atoms with van der Waals surface area (Å²) in [5, 5.41) is 0. The molecule has 1 heterocycles. The highest BCUT2D eigenvalue weighted by Crippen LogP contribution is 2.02. The molecule has 1 rings (SSSR count). The highest BCUT2D eigenvalue weighted by molar-refractivity contribution is 5.08. The van der Waals surface area contributed by atoms with Crippen molar-refractivity contribution in [2.75, 3.05) is 0 Å². The number of allylic oxidation sites excluding steroid dienone is 4. The van der Waals surface area contributed by atoms with Gasteiger partial charge in [-0.2, -0.15) is 0 Å². The Labute approximate surface area is 92.5 Å². The van der Waals surface area contributed by atoms with Crippen LogP contribution in [0.3, 0.4) is 0 Å². The molecule has 0 aromatic carbocycles. The van der Waals surface area contributed by atoms with E-state index < -0.39 is 0 Å². The van der Waals surface area contributed by atoms with E-state index in [9.17, 15) is 0 Å². The Kier molecular flexibility index (Phi) is 6.39. The average molecular weight is 204 g/mol. The van der Waals surface area contributed by atoms with Crippen LogP contribution in [0.25, 0.3) is 0 Å². The van der Waals surface area contributed by atoms with Gasteiger partial charge in [0.2, 0.25) is 0 Å². The van der Waals surface area contributed by atoms with Gasteiger partial charge < -0.3 is 4.42 Å². The van der Waals surface area contributed by atoms with Crippen molar-refractivity contribution in [3.8, 4) is 0 Å². The number of rotatable bonds is 7. The zero-order valence-corrected chi connectivity index (χ0v) is 9.49. The zero-order valence-electron chi connectivity index (χ0n) is 9.49. The fourth-order valence-corrected chi connectivity index (χ4v) is 1.38. The first-order chi connectivity index (χ1) is 7.43. The van der Waals surface area contributed by atoms with Crippen molar-refractivity contribution in [2.24, 2.45) is 0 Å². The van der Waals surface area contributed by atoms with Crippen molar-refractivity contribution in [3.63, 3.8) is 0 Å². The summed E-state index contributed by atoms with van der Waals surface area (Å²) in [6.45, 7) is 2.23. The van der Waals surface area contributed by atoms with Gasteiger partial charge in [-0.15, -0.1) is 0 Å². The largest absolute Gasteiger partial charge is 0.469 e. The highest BCUT2D eigenvalue weighted by Gasteiger charge is 1.88. The molecule has 15 heavy (non-hydrogen) atoms. The zero-order chi connectivity index (χ0) is 10.8. The van der Waals surface area contributed by atoms with Gasteiger partial charge in [0.25, 0.3) is 0 Å². The van der Waals surface area contributed by atoms with E-state index in [-0.39, 0.29) is 0 Å². The lowest BCUT2D eigenvalue weighted by atomic mass is 10.2. The van der Waals surface area contributed by atoms with Crippen molar-refractivity contribution in [2.45, 2.75) is 39.0 Å². The molecule has 0 saturated carbocycles. The van der Waals surface area contributed by atoms with E-state index in [2.05, 4.69) is 31.2 Å².